The van der Waals surface area contributed by atoms with E-state index in [-0.39, 0.29) is 6.23 Å². The first kappa shape index (κ1) is 23.4. The minimum absolute atomic E-state index is 0.0354. The Balaban J connectivity index is 1.43. The number of methoxy groups -OCH3 is 2. The lowest BCUT2D eigenvalue weighted by Gasteiger charge is -2.22. The van der Waals surface area contributed by atoms with Crippen LogP contribution in [0, 0.1) is 13.8 Å². The zero-order chi connectivity index (χ0) is 24.4. The quantitative estimate of drug-likeness (QED) is 0.371. The van der Waals surface area contributed by atoms with Crippen LogP contribution in [-0.2, 0) is 17.8 Å². The number of aryl methyl sites for hydroxylation is 2. The van der Waals surface area contributed by atoms with Crippen molar-refractivity contribution < 1.29 is 14.2 Å². The van der Waals surface area contributed by atoms with Gasteiger partial charge in [0.1, 0.15) is 23.4 Å². The van der Waals surface area contributed by atoms with Crippen LogP contribution in [0.4, 0.5) is 0 Å². The first-order chi connectivity index (χ1) is 17.1. The van der Waals surface area contributed by atoms with Crippen molar-refractivity contribution in [2.45, 2.75) is 52.4 Å². The zero-order valence-electron chi connectivity index (χ0n) is 20.9. The Hall–Kier alpha value is -3.36. The van der Waals surface area contributed by atoms with Crippen LogP contribution >= 0.6 is 0 Å². The molecule has 0 radical (unpaired) electrons. The highest BCUT2D eigenvalue weighted by atomic mass is 16.5. The van der Waals surface area contributed by atoms with Crippen molar-refractivity contribution in [2.75, 3.05) is 20.8 Å². The molecule has 1 saturated heterocycles. The van der Waals surface area contributed by atoms with Crippen LogP contribution < -0.4 is 14.8 Å². The fraction of sp³-hybridized carbons (Fsp3) is 0.407. The standard InChI is InChI=1S/C27H33N5O3/c1-17-11-22-23(12-18(17)2)30-27(29-22)26-20(16-32(31-26)25-7-5-6-10-35-25)15-28-14-19-8-9-21(33-3)13-24(19)34-4/h8-9,11-13,16,25,28H,5-7,10,14-15H2,1-4H3,(H,29,30). The van der Waals surface area contributed by atoms with Crippen molar-refractivity contribution in [1.29, 1.82) is 0 Å². The highest BCUT2D eigenvalue weighted by Gasteiger charge is 2.22. The molecular formula is C27H33N5O3. The van der Waals surface area contributed by atoms with Gasteiger partial charge in [0.05, 0.1) is 25.3 Å². The predicted octanol–water partition coefficient (Wildman–Crippen LogP) is 5.05. The third kappa shape index (κ3) is 4.90. The monoisotopic (exact) mass is 475 g/mol. The van der Waals surface area contributed by atoms with Gasteiger partial charge in [-0.25, -0.2) is 9.67 Å². The average Bonchev–Trinajstić information content (AvgIpc) is 3.49. The van der Waals surface area contributed by atoms with Crippen LogP contribution in [0.3, 0.4) is 0 Å². The molecular weight excluding hydrogens is 442 g/mol. The molecule has 0 bridgehead atoms. The second-order valence-corrected chi connectivity index (χ2v) is 9.12. The number of nitrogens with one attached hydrogen (secondary N) is 2. The van der Waals surface area contributed by atoms with E-state index in [0.717, 1.165) is 71.0 Å². The minimum Gasteiger partial charge on any atom is -0.497 e. The number of ether oxygens (including phenoxy) is 3. The first-order valence-electron chi connectivity index (χ1n) is 12.1. The van der Waals surface area contributed by atoms with Crippen LogP contribution in [-0.4, -0.2) is 40.6 Å². The van der Waals surface area contributed by atoms with Crippen molar-refractivity contribution >= 4 is 11.0 Å². The molecule has 2 N–H and O–H groups in total. The maximum atomic E-state index is 6.01. The number of rotatable bonds is 8. The molecule has 4 aromatic rings. The smallest absolute Gasteiger partial charge is 0.159 e. The van der Waals surface area contributed by atoms with Gasteiger partial charge in [-0.1, -0.05) is 6.07 Å². The summed E-state index contributed by atoms with van der Waals surface area (Å²) in [6.45, 7) is 6.28. The summed E-state index contributed by atoms with van der Waals surface area (Å²) in [5.41, 5.74) is 7.42. The second kappa shape index (κ2) is 10.1. The Kier molecular flexibility index (Phi) is 6.74. The lowest BCUT2D eigenvalue weighted by molar-refractivity contribution is -0.0394. The van der Waals surface area contributed by atoms with E-state index in [1.165, 1.54) is 11.1 Å². The number of nitrogens with zero attached hydrogens (tertiary/aromatic N) is 3. The number of hydrogen-bond acceptors (Lipinski definition) is 6. The molecule has 3 heterocycles. The van der Waals surface area contributed by atoms with E-state index < -0.39 is 0 Å². The highest BCUT2D eigenvalue weighted by molar-refractivity contribution is 5.80. The normalized spacial score (nSPS) is 16.1. The fourth-order valence-corrected chi connectivity index (χ4v) is 4.55. The number of fused-ring (bicyclic) bond motifs is 1. The number of aromatic nitrogens is 4. The SMILES string of the molecule is COc1ccc(CNCc2cn(C3CCCCO3)nc2-c2nc3cc(C)c(C)cc3[nH]2)c(OC)c1. The summed E-state index contributed by atoms with van der Waals surface area (Å²) in [5.74, 6) is 2.35. The molecule has 0 spiro atoms. The van der Waals surface area contributed by atoms with Gasteiger partial charge in [-0.15, -0.1) is 0 Å². The highest BCUT2D eigenvalue weighted by Crippen LogP contribution is 2.29. The van der Waals surface area contributed by atoms with Gasteiger partial charge >= 0.3 is 0 Å². The summed E-state index contributed by atoms with van der Waals surface area (Å²) in [5, 5.41) is 8.49. The van der Waals surface area contributed by atoms with Crippen LogP contribution in [0.25, 0.3) is 22.6 Å². The Labute approximate surface area is 205 Å². The van der Waals surface area contributed by atoms with Gasteiger partial charge in [-0.05, 0) is 62.4 Å². The molecule has 184 valence electrons. The van der Waals surface area contributed by atoms with E-state index >= 15 is 0 Å². The van der Waals surface area contributed by atoms with Gasteiger partial charge in [0, 0.05) is 43.1 Å². The van der Waals surface area contributed by atoms with Crippen molar-refractivity contribution in [1.82, 2.24) is 25.1 Å². The van der Waals surface area contributed by atoms with Crippen LogP contribution in [0.15, 0.2) is 36.5 Å². The number of hydrogen-bond donors (Lipinski definition) is 2. The predicted molar refractivity (Wildman–Crippen MR) is 136 cm³/mol. The summed E-state index contributed by atoms with van der Waals surface area (Å²) < 4.78 is 18.8. The van der Waals surface area contributed by atoms with Gasteiger partial charge in [0.15, 0.2) is 5.82 Å². The molecule has 0 aliphatic carbocycles. The molecule has 0 saturated carbocycles. The largest absolute Gasteiger partial charge is 0.497 e. The maximum absolute atomic E-state index is 6.01. The van der Waals surface area contributed by atoms with Crippen molar-refractivity contribution in [3.63, 3.8) is 0 Å². The summed E-state index contributed by atoms with van der Waals surface area (Å²) in [7, 11) is 3.33. The van der Waals surface area contributed by atoms with E-state index in [2.05, 4.69) is 42.5 Å². The van der Waals surface area contributed by atoms with Crippen molar-refractivity contribution in [3.8, 4) is 23.0 Å². The van der Waals surface area contributed by atoms with E-state index in [9.17, 15) is 0 Å². The van der Waals surface area contributed by atoms with E-state index in [0.29, 0.717) is 13.1 Å². The van der Waals surface area contributed by atoms with E-state index in [1.807, 2.05) is 22.9 Å². The molecule has 1 fully saturated rings. The number of benzene rings is 2. The van der Waals surface area contributed by atoms with Crippen molar-refractivity contribution in [2.24, 2.45) is 0 Å². The Morgan fingerprint density at radius 3 is 2.66 bits per heavy atom. The number of aromatic amines is 1. The molecule has 2 aromatic carbocycles. The molecule has 0 amide bonds. The van der Waals surface area contributed by atoms with Crippen molar-refractivity contribution in [3.05, 3.63) is 58.8 Å². The number of H-pyrrole nitrogens is 1. The topological polar surface area (TPSA) is 86.2 Å². The van der Waals surface area contributed by atoms with Crippen LogP contribution in [0.1, 0.15) is 47.7 Å². The van der Waals surface area contributed by atoms with Gasteiger partial charge < -0.3 is 24.5 Å². The molecule has 2 aromatic heterocycles. The molecule has 8 nitrogen and oxygen atoms in total. The lowest BCUT2D eigenvalue weighted by atomic mass is 10.1. The molecule has 1 unspecified atom stereocenters. The Morgan fingerprint density at radius 1 is 1.06 bits per heavy atom. The molecule has 5 rings (SSSR count). The first-order valence-corrected chi connectivity index (χ1v) is 12.1. The molecule has 1 atom stereocenters. The summed E-state index contributed by atoms with van der Waals surface area (Å²) >= 11 is 0. The third-order valence-corrected chi connectivity index (χ3v) is 6.71. The van der Waals surface area contributed by atoms with Gasteiger partial charge in [-0.3, -0.25) is 0 Å². The zero-order valence-corrected chi connectivity index (χ0v) is 20.9. The second-order valence-electron chi connectivity index (χ2n) is 9.12. The Morgan fingerprint density at radius 2 is 1.89 bits per heavy atom. The van der Waals surface area contributed by atoms with Gasteiger partial charge in [0.2, 0.25) is 0 Å². The summed E-state index contributed by atoms with van der Waals surface area (Å²) in [6.07, 6.45) is 5.27. The molecule has 1 aliphatic heterocycles. The average molecular weight is 476 g/mol. The van der Waals surface area contributed by atoms with Crippen LogP contribution in [0.5, 0.6) is 11.5 Å². The van der Waals surface area contributed by atoms with Gasteiger partial charge in [0.25, 0.3) is 0 Å². The van der Waals surface area contributed by atoms with Crippen LogP contribution in [0.2, 0.25) is 0 Å². The van der Waals surface area contributed by atoms with Gasteiger partial charge in [-0.2, -0.15) is 5.10 Å². The lowest BCUT2D eigenvalue weighted by Crippen LogP contribution is -2.18. The number of imidazole rings is 1. The van der Waals surface area contributed by atoms with E-state index in [1.54, 1.807) is 14.2 Å². The third-order valence-electron chi connectivity index (χ3n) is 6.71. The molecule has 1 aliphatic rings. The fourth-order valence-electron chi connectivity index (χ4n) is 4.55. The summed E-state index contributed by atoms with van der Waals surface area (Å²) in [6, 6.07) is 10.1. The van der Waals surface area contributed by atoms with E-state index in [4.69, 9.17) is 24.3 Å². The molecule has 35 heavy (non-hydrogen) atoms. The Bertz CT molecular complexity index is 1280. The summed E-state index contributed by atoms with van der Waals surface area (Å²) in [4.78, 5) is 8.37. The maximum Gasteiger partial charge on any atom is 0.159 e. The molecule has 8 heteroatoms. The minimum atomic E-state index is -0.0354.